The van der Waals surface area contributed by atoms with Crippen molar-refractivity contribution in [1.29, 1.82) is 0 Å². The molecule has 110 valence electrons. The molecule has 3 heterocycles. The van der Waals surface area contributed by atoms with Crippen molar-refractivity contribution in [3.63, 3.8) is 0 Å². The Balaban J connectivity index is 2.12. The number of nitrogens with one attached hydrogen (secondary N) is 1. The molecule has 0 spiro atoms. The van der Waals surface area contributed by atoms with E-state index >= 15 is 0 Å². The Morgan fingerprint density at radius 3 is 2.90 bits per heavy atom. The zero-order valence-corrected chi connectivity index (χ0v) is 15.0. The summed E-state index contributed by atoms with van der Waals surface area (Å²) in [5.74, 6) is 0.709. The third-order valence-corrected chi connectivity index (χ3v) is 4.57. The molecule has 1 aliphatic rings. The normalized spacial score (nSPS) is 14.0. The van der Waals surface area contributed by atoms with Crippen LogP contribution >= 0.6 is 31.9 Å². The minimum absolute atomic E-state index is 0.709. The van der Waals surface area contributed by atoms with Gasteiger partial charge in [0.2, 0.25) is 0 Å². The van der Waals surface area contributed by atoms with Gasteiger partial charge < -0.3 is 5.32 Å². The number of fused-ring (bicyclic) bond motifs is 1. The van der Waals surface area contributed by atoms with Crippen LogP contribution in [-0.4, -0.2) is 21.5 Å². The Bertz CT molecular complexity index is 673. The quantitative estimate of drug-likeness (QED) is 0.837. The largest absolute Gasteiger partial charge is 0.311 e. The highest BCUT2D eigenvalue weighted by Gasteiger charge is 2.19. The van der Waals surface area contributed by atoms with Gasteiger partial charge >= 0.3 is 0 Å². The number of hydrogen-bond donors (Lipinski definition) is 1. The Morgan fingerprint density at radius 2 is 2.14 bits per heavy atom. The summed E-state index contributed by atoms with van der Waals surface area (Å²) >= 11 is 6.98. The number of halogens is 2. The van der Waals surface area contributed by atoms with Crippen LogP contribution in [0, 0.1) is 0 Å². The monoisotopic (exact) mass is 410 g/mol. The molecule has 4 nitrogen and oxygen atoms in total. The number of pyridine rings is 1. The van der Waals surface area contributed by atoms with E-state index in [9.17, 15) is 0 Å². The summed E-state index contributed by atoms with van der Waals surface area (Å²) in [6.45, 7) is 4.01. The van der Waals surface area contributed by atoms with Crippen molar-refractivity contribution in [3.8, 4) is 11.5 Å². The summed E-state index contributed by atoms with van der Waals surface area (Å²) in [5, 5.41) is 3.38. The van der Waals surface area contributed by atoms with E-state index in [1.807, 2.05) is 6.07 Å². The van der Waals surface area contributed by atoms with Crippen LogP contribution in [-0.2, 0) is 19.4 Å². The summed E-state index contributed by atoms with van der Waals surface area (Å²) in [4.78, 5) is 14.0. The van der Waals surface area contributed by atoms with Crippen molar-refractivity contribution < 1.29 is 0 Å². The predicted octanol–water partition coefficient (Wildman–Crippen LogP) is 3.66. The van der Waals surface area contributed by atoms with Crippen LogP contribution in [0.5, 0.6) is 0 Å². The minimum Gasteiger partial charge on any atom is -0.311 e. The first kappa shape index (κ1) is 15.1. The summed E-state index contributed by atoms with van der Waals surface area (Å²) in [5.41, 5.74) is 4.42. The second-order valence-corrected chi connectivity index (χ2v) is 6.85. The molecular weight excluding hydrogens is 396 g/mol. The second-order valence-electron chi connectivity index (χ2n) is 5.08. The first-order chi connectivity index (χ1) is 10.2. The van der Waals surface area contributed by atoms with Gasteiger partial charge in [0.05, 0.1) is 5.69 Å². The summed E-state index contributed by atoms with van der Waals surface area (Å²) < 4.78 is 1.84. The van der Waals surface area contributed by atoms with E-state index in [4.69, 9.17) is 9.97 Å². The molecule has 0 saturated carbocycles. The Kier molecular flexibility index (Phi) is 4.66. The van der Waals surface area contributed by atoms with Gasteiger partial charge in [0.15, 0.2) is 5.82 Å². The van der Waals surface area contributed by atoms with E-state index in [0.717, 1.165) is 52.7 Å². The van der Waals surface area contributed by atoms with E-state index in [2.05, 4.69) is 49.1 Å². The van der Waals surface area contributed by atoms with Crippen molar-refractivity contribution in [2.45, 2.75) is 32.7 Å². The molecular formula is C15H16Br2N4. The van der Waals surface area contributed by atoms with Crippen LogP contribution < -0.4 is 5.32 Å². The Hall–Kier alpha value is -0.850. The van der Waals surface area contributed by atoms with Crippen LogP contribution in [0.4, 0.5) is 0 Å². The number of aromatic nitrogens is 3. The molecule has 3 rings (SSSR count). The van der Waals surface area contributed by atoms with Gasteiger partial charge in [0.25, 0.3) is 0 Å². The fraction of sp³-hybridized carbons (Fsp3) is 0.400. The van der Waals surface area contributed by atoms with Crippen LogP contribution in [0.1, 0.15) is 30.3 Å². The number of aryl methyl sites for hydroxylation is 1. The maximum Gasteiger partial charge on any atom is 0.179 e. The Morgan fingerprint density at radius 1 is 1.29 bits per heavy atom. The zero-order valence-electron chi connectivity index (χ0n) is 11.8. The lowest BCUT2D eigenvalue weighted by atomic mass is 10.0. The van der Waals surface area contributed by atoms with Crippen molar-refractivity contribution >= 4 is 31.9 Å². The molecule has 1 aliphatic heterocycles. The third-order valence-electron chi connectivity index (χ3n) is 3.53. The maximum absolute atomic E-state index is 4.79. The molecule has 1 N–H and O–H groups in total. The van der Waals surface area contributed by atoms with Gasteiger partial charge in [-0.15, -0.1) is 0 Å². The smallest absolute Gasteiger partial charge is 0.179 e. The fourth-order valence-corrected chi connectivity index (χ4v) is 3.73. The molecule has 0 bridgehead atoms. The molecule has 0 saturated heterocycles. The minimum atomic E-state index is 0.709. The van der Waals surface area contributed by atoms with E-state index < -0.39 is 0 Å². The molecule has 0 radical (unpaired) electrons. The highest BCUT2D eigenvalue weighted by molar-refractivity contribution is 9.11. The molecule has 2 aromatic rings. The van der Waals surface area contributed by atoms with Crippen LogP contribution in [0.3, 0.4) is 0 Å². The highest BCUT2D eigenvalue weighted by atomic mass is 79.9. The number of rotatable bonds is 3. The van der Waals surface area contributed by atoms with Gasteiger partial charge in [-0.1, -0.05) is 13.3 Å². The van der Waals surface area contributed by atoms with Gasteiger partial charge in [-0.2, -0.15) is 0 Å². The van der Waals surface area contributed by atoms with E-state index in [1.54, 1.807) is 6.20 Å². The fourth-order valence-electron chi connectivity index (χ4n) is 2.57. The SMILES string of the molecule is CCCc1nc(-c2ncc(Br)cc2Br)nc2c1CCNC2. The predicted molar refractivity (Wildman–Crippen MR) is 90.1 cm³/mol. The van der Waals surface area contributed by atoms with Crippen LogP contribution in [0.25, 0.3) is 11.5 Å². The topological polar surface area (TPSA) is 50.7 Å². The highest BCUT2D eigenvalue weighted by Crippen LogP contribution is 2.28. The molecule has 0 atom stereocenters. The van der Waals surface area contributed by atoms with Crippen LogP contribution in [0.2, 0.25) is 0 Å². The standard InChI is InChI=1S/C15H16Br2N4/c1-2-3-12-10-4-5-18-8-13(10)21-15(20-12)14-11(17)6-9(16)7-19-14/h6-7,18H,2-5,8H2,1H3. The third kappa shape index (κ3) is 3.17. The molecule has 2 aromatic heterocycles. The van der Waals surface area contributed by atoms with E-state index in [-0.39, 0.29) is 0 Å². The van der Waals surface area contributed by atoms with Gasteiger partial charge in [-0.05, 0) is 62.9 Å². The number of hydrogen-bond acceptors (Lipinski definition) is 4. The van der Waals surface area contributed by atoms with Crippen LogP contribution in [0.15, 0.2) is 21.2 Å². The van der Waals surface area contributed by atoms with Gasteiger partial charge in [-0.3, -0.25) is 4.98 Å². The van der Waals surface area contributed by atoms with E-state index in [1.165, 1.54) is 11.3 Å². The van der Waals surface area contributed by atoms with E-state index in [0.29, 0.717) is 5.82 Å². The summed E-state index contributed by atoms with van der Waals surface area (Å²) in [6, 6.07) is 1.98. The molecule has 0 unspecified atom stereocenters. The number of nitrogens with zero attached hydrogens (tertiary/aromatic N) is 3. The molecule has 21 heavy (non-hydrogen) atoms. The summed E-state index contributed by atoms with van der Waals surface area (Å²) in [6.07, 6.45) is 4.87. The van der Waals surface area contributed by atoms with Crippen molar-refractivity contribution in [1.82, 2.24) is 20.3 Å². The molecule has 6 heteroatoms. The molecule has 0 aromatic carbocycles. The average molecular weight is 412 g/mol. The molecule has 0 aliphatic carbocycles. The van der Waals surface area contributed by atoms with Crippen molar-refractivity contribution in [2.24, 2.45) is 0 Å². The lowest BCUT2D eigenvalue weighted by Crippen LogP contribution is -2.26. The molecule has 0 fully saturated rings. The first-order valence-electron chi connectivity index (χ1n) is 7.10. The summed E-state index contributed by atoms with van der Waals surface area (Å²) in [7, 11) is 0. The second kappa shape index (κ2) is 6.50. The lowest BCUT2D eigenvalue weighted by Gasteiger charge is -2.20. The average Bonchev–Trinajstić information content (AvgIpc) is 2.47. The lowest BCUT2D eigenvalue weighted by molar-refractivity contribution is 0.614. The van der Waals surface area contributed by atoms with Gasteiger partial charge in [-0.25, -0.2) is 9.97 Å². The van der Waals surface area contributed by atoms with Gasteiger partial charge in [0, 0.05) is 27.4 Å². The Labute approximate surface area is 141 Å². The maximum atomic E-state index is 4.79. The molecule has 0 amide bonds. The van der Waals surface area contributed by atoms with Crippen molar-refractivity contribution in [3.05, 3.63) is 38.2 Å². The first-order valence-corrected chi connectivity index (χ1v) is 8.68. The zero-order chi connectivity index (χ0) is 14.8. The van der Waals surface area contributed by atoms with Crippen molar-refractivity contribution in [2.75, 3.05) is 6.54 Å². The van der Waals surface area contributed by atoms with Gasteiger partial charge in [0.1, 0.15) is 5.69 Å².